The Balaban J connectivity index is 2.35. The van der Waals surface area contributed by atoms with Crippen molar-refractivity contribution < 1.29 is 0 Å². The molecule has 0 saturated carbocycles. The number of thioether (sulfide) groups is 1. The Hall–Kier alpha value is -1.62. The third kappa shape index (κ3) is 2.55. The zero-order chi connectivity index (χ0) is 12.3. The van der Waals surface area contributed by atoms with E-state index in [0.717, 1.165) is 5.56 Å². The molecule has 0 amide bonds. The van der Waals surface area contributed by atoms with Crippen LogP contribution in [0.25, 0.3) is 0 Å². The minimum absolute atomic E-state index is 0.0757. The maximum Gasteiger partial charge on any atom is 0.276 e. The zero-order valence-electron chi connectivity index (χ0n) is 9.75. The van der Waals surface area contributed by atoms with Crippen LogP contribution < -0.4 is 5.56 Å². The molecule has 1 aromatic heterocycles. The van der Waals surface area contributed by atoms with Gasteiger partial charge in [-0.15, -0.1) is 10.2 Å². The van der Waals surface area contributed by atoms with Crippen molar-refractivity contribution in [1.29, 1.82) is 0 Å². The van der Waals surface area contributed by atoms with Gasteiger partial charge in [0.1, 0.15) is 5.69 Å². The monoisotopic (exact) mass is 247 g/mol. The van der Waals surface area contributed by atoms with E-state index in [2.05, 4.69) is 10.2 Å². The quantitative estimate of drug-likeness (QED) is 0.771. The predicted molar refractivity (Wildman–Crippen MR) is 68.3 cm³/mol. The minimum atomic E-state index is -0.0757. The predicted octanol–water partition coefficient (Wildman–Crippen LogP) is 1.49. The lowest BCUT2D eigenvalue weighted by Gasteiger charge is -2.05. The average Bonchev–Trinajstić information content (AvgIpc) is 2.37. The molecule has 0 aliphatic heterocycles. The molecular weight excluding hydrogens is 234 g/mol. The second kappa shape index (κ2) is 5.14. The largest absolute Gasteiger partial charge is 0.288 e. The van der Waals surface area contributed by atoms with Crippen molar-refractivity contribution in [2.24, 2.45) is 7.05 Å². The maximum absolute atomic E-state index is 12.0. The number of hydrogen-bond donors (Lipinski definition) is 0. The van der Waals surface area contributed by atoms with Crippen LogP contribution in [0.2, 0.25) is 0 Å². The molecule has 2 rings (SSSR count). The van der Waals surface area contributed by atoms with Gasteiger partial charge in [-0.25, -0.2) is 0 Å². The zero-order valence-corrected chi connectivity index (χ0v) is 10.6. The summed E-state index contributed by atoms with van der Waals surface area (Å²) in [6, 6.07) is 9.80. The average molecular weight is 247 g/mol. The van der Waals surface area contributed by atoms with Gasteiger partial charge in [-0.1, -0.05) is 42.1 Å². The third-order valence-corrected chi connectivity index (χ3v) is 3.21. The van der Waals surface area contributed by atoms with Gasteiger partial charge in [-0.2, -0.15) is 0 Å². The first-order chi connectivity index (χ1) is 8.22. The molecule has 5 heteroatoms. The van der Waals surface area contributed by atoms with Gasteiger partial charge in [0.15, 0.2) is 5.16 Å². The van der Waals surface area contributed by atoms with Crippen LogP contribution in [0, 0.1) is 0 Å². The molecule has 0 aliphatic carbocycles. The summed E-state index contributed by atoms with van der Waals surface area (Å²) in [4.78, 5) is 12.0. The van der Waals surface area contributed by atoms with Crippen LogP contribution >= 0.6 is 11.8 Å². The fourth-order valence-corrected chi connectivity index (χ4v) is 2.05. The van der Waals surface area contributed by atoms with Crippen LogP contribution in [-0.2, 0) is 13.5 Å². The summed E-state index contributed by atoms with van der Waals surface area (Å²) in [7, 11) is 1.72. The summed E-state index contributed by atoms with van der Waals surface area (Å²) in [5.41, 5.74) is 1.47. The van der Waals surface area contributed by atoms with Crippen LogP contribution in [0.4, 0.5) is 0 Å². The van der Waals surface area contributed by atoms with Crippen molar-refractivity contribution in [1.82, 2.24) is 14.8 Å². The topological polar surface area (TPSA) is 47.8 Å². The Bertz CT molecular complexity index is 566. The van der Waals surface area contributed by atoms with Gasteiger partial charge in [0, 0.05) is 13.5 Å². The molecule has 17 heavy (non-hydrogen) atoms. The lowest BCUT2D eigenvalue weighted by Crippen LogP contribution is -2.25. The molecule has 0 atom stereocenters. The van der Waals surface area contributed by atoms with E-state index in [1.54, 1.807) is 7.05 Å². The highest BCUT2D eigenvalue weighted by Crippen LogP contribution is 2.08. The summed E-state index contributed by atoms with van der Waals surface area (Å²) in [5, 5.41) is 8.66. The molecule has 0 bridgehead atoms. The fraction of sp³-hybridized carbons (Fsp3) is 0.250. The van der Waals surface area contributed by atoms with E-state index in [9.17, 15) is 4.79 Å². The van der Waals surface area contributed by atoms with E-state index in [4.69, 9.17) is 0 Å². The molecule has 0 fully saturated rings. The van der Waals surface area contributed by atoms with E-state index in [-0.39, 0.29) is 5.56 Å². The Morgan fingerprint density at radius 1 is 1.24 bits per heavy atom. The molecule has 1 aromatic carbocycles. The molecule has 0 aliphatic rings. The van der Waals surface area contributed by atoms with Crippen LogP contribution in [0.5, 0.6) is 0 Å². The third-order valence-electron chi connectivity index (χ3n) is 2.49. The molecule has 0 saturated heterocycles. The molecule has 0 N–H and O–H groups in total. The first-order valence-corrected chi connectivity index (χ1v) is 6.45. The maximum atomic E-state index is 12.0. The minimum Gasteiger partial charge on any atom is -0.288 e. The Labute approximate surface area is 104 Å². The summed E-state index contributed by atoms with van der Waals surface area (Å²) >= 11 is 1.41. The van der Waals surface area contributed by atoms with E-state index < -0.39 is 0 Å². The van der Waals surface area contributed by atoms with Gasteiger partial charge in [-0.05, 0) is 11.8 Å². The number of hydrogen-bond acceptors (Lipinski definition) is 4. The summed E-state index contributed by atoms with van der Waals surface area (Å²) in [6.45, 7) is 0. The van der Waals surface area contributed by atoms with Crippen molar-refractivity contribution >= 4 is 11.8 Å². The Morgan fingerprint density at radius 3 is 2.59 bits per heavy atom. The smallest absolute Gasteiger partial charge is 0.276 e. The SMILES string of the molecule is CSc1nnc(Cc2ccccc2)c(=O)n1C. The number of nitrogens with zero attached hydrogens (tertiary/aromatic N) is 3. The number of aromatic nitrogens is 3. The van der Waals surface area contributed by atoms with Crippen molar-refractivity contribution in [3.8, 4) is 0 Å². The lowest BCUT2D eigenvalue weighted by molar-refractivity contribution is 0.640. The summed E-state index contributed by atoms with van der Waals surface area (Å²) < 4.78 is 1.54. The first kappa shape index (κ1) is 11.9. The van der Waals surface area contributed by atoms with Gasteiger partial charge < -0.3 is 0 Å². The molecule has 1 heterocycles. The van der Waals surface area contributed by atoms with Crippen LogP contribution in [0.3, 0.4) is 0 Å². The Morgan fingerprint density at radius 2 is 1.94 bits per heavy atom. The van der Waals surface area contributed by atoms with Crippen molar-refractivity contribution in [3.05, 3.63) is 51.9 Å². The lowest BCUT2D eigenvalue weighted by atomic mass is 10.1. The van der Waals surface area contributed by atoms with Crippen molar-refractivity contribution in [2.75, 3.05) is 6.26 Å². The van der Waals surface area contributed by atoms with E-state index in [0.29, 0.717) is 17.3 Å². The van der Waals surface area contributed by atoms with Crippen molar-refractivity contribution in [2.45, 2.75) is 11.6 Å². The van der Waals surface area contributed by atoms with Gasteiger partial charge in [0.25, 0.3) is 5.56 Å². The first-order valence-electron chi connectivity index (χ1n) is 5.23. The normalized spacial score (nSPS) is 10.5. The van der Waals surface area contributed by atoms with E-state index >= 15 is 0 Å². The van der Waals surface area contributed by atoms with Crippen LogP contribution in [0.15, 0.2) is 40.3 Å². The Kier molecular flexibility index (Phi) is 3.58. The second-order valence-corrected chi connectivity index (χ2v) is 4.43. The molecule has 88 valence electrons. The molecule has 4 nitrogen and oxygen atoms in total. The molecule has 0 spiro atoms. The molecule has 0 radical (unpaired) electrons. The second-order valence-electron chi connectivity index (χ2n) is 3.66. The molecular formula is C12H13N3OS. The number of rotatable bonds is 3. The van der Waals surface area contributed by atoms with Crippen LogP contribution in [0.1, 0.15) is 11.3 Å². The van der Waals surface area contributed by atoms with Gasteiger partial charge >= 0.3 is 0 Å². The van der Waals surface area contributed by atoms with Crippen LogP contribution in [-0.4, -0.2) is 21.0 Å². The van der Waals surface area contributed by atoms with Gasteiger partial charge in [0.2, 0.25) is 0 Å². The van der Waals surface area contributed by atoms with Crippen molar-refractivity contribution in [3.63, 3.8) is 0 Å². The highest BCUT2D eigenvalue weighted by Gasteiger charge is 2.08. The number of benzene rings is 1. The molecule has 0 unspecified atom stereocenters. The van der Waals surface area contributed by atoms with Gasteiger partial charge in [0.05, 0.1) is 0 Å². The standard InChI is InChI=1S/C12H13N3OS/c1-15-11(16)10(13-14-12(15)17-2)8-9-6-4-3-5-7-9/h3-7H,8H2,1-2H3. The summed E-state index contributed by atoms with van der Waals surface area (Å²) in [5.74, 6) is 0. The highest BCUT2D eigenvalue weighted by molar-refractivity contribution is 7.98. The molecule has 2 aromatic rings. The highest BCUT2D eigenvalue weighted by atomic mass is 32.2. The fourth-order valence-electron chi connectivity index (χ4n) is 1.57. The van der Waals surface area contributed by atoms with E-state index in [1.807, 2.05) is 36.6 Å². The summed E-state index contributed by atoms with van der Waals surface area (Å²) in [6.07, 6.45) is 2.40. The van der Waals surface area contributed by atoms with E-state index in [1.165, 1.54) is 16.3 Å². The van der Waals surface area contributed by atoms with Gasteiger partial charge in [-0.3, -0.25) is 9.36 Å².